The van der Waals surface area contributed by atoms with E-state index in [-0.39, 0.29) is 0 Å². The van der Waals surface area contributed by atoms with Gasteiger partial charge < -0.3 is 10.0 Å². The molecule has 1 saturated heterocycles. The van der Waals surface area contributed by atoms with Crippen molar-refractivity contribution < 1.29 is 9.90 Å². The summed E-state index contributed by atoms with van der Waals surface area (Å²) in [6.07, 6.45) is 5.01. The van der Waals surface area contributed by atoms with Crippen LogP contribution in [0.4, 0.5) is 0 Å². The lowest BCUT2D eigenvalue weighted by atomic mass is 9.77. The van der Waals surface area contributed by atoms with Crippen LogP contribution in [0, 0.1) is 11.3 Å². The van der Waals surface area contributed by atoms with Crippen LogP contribution < -0.4 is 0 Å². The molecular weight excluding hydrogens is 214 g/mol. The summed E-state index contributed by atoms with van der Waals surface area (Å²) in [4.78, 5) is 13.8. The van der Waals surface area contributed by atoms with E-state index < -0.39 is 11.4 Å². The van der Waals surface area contributed by atoms with E-state index in [1.165, 1.54) is 12.8 Å². The zero-order valence-corrected chi connectivity index (χ0v) is 11.5. The van der Waals surface area contributed by atoms with Crippen molar-refractivity contribution in [3.05, 3.63) is 0 Å². The predicted molar refractivity (Wildman–Crippen MR) is 70.1 cm³/mol. The van der Waals surface area contributed by atoms with Crippen molar-refractivity contribution in [1.82, 2.24) is 4.90 Å². The molecule has 1 aliphatic heterocycles. The van der Waals surface area contributed by atoms with Gasteiger partial charge in [0.05, 0.1) is 5.41 Å². The smallest absolute Gasteiger partial charge is 0.310 e. The Morgan fingerprint density at radius 2 is 2.00 bits per heavy atom. The highest BCUT2D eigenvalue weighted by molar-refractivity contribution is 5.75. The highest BCUT2D eigenvalue weighted by atomic mass is 16.4. The number of carboxylic acids is 1. The first-order valence-corrected chi connectivity index (χ1v) is 7.03. The molecule has 1 atom stereocenters. The number of aliphatic carboxylic acids is 1. The van der Waals surface area contributed by atoms with Gasteiger partial charge in [-0.1, -0.05) is 33.6 Å². The van der Waals surface area contributed by atoms with Gasteiger partial charge in [-0.3, -0.25) is 4.79 Å². The third-order valence-electron chi connectivity index (χ3n) is 4.46. The van der Waals surface area contributed by atoms with E-state index in [0.717, 1.165) is 44.8 Å². The van der Waals surface area contributed by atoms with Gasteiger partial charge >= 0.3 is 5.97 Å². The molecule has 1 unspecified atom stereocenters. The summed E-state index contributed by atoms with van der Waals surface area (Å²) in [6, 6.07) is 0. The van der Waals surface area contributed by atoms with Gasteiger partial charge in [-0.2, -0.15) is 0 Å². The quantitative estimate of drug-likeness (QED) is 0.777. The fraction of sp³-hybridized carbons (Fsp3) is 0.929. The van der Waals surface area contributed by atoms with Gasteiger partial charge in [-0.15, -0.1) is 0 Å². The van der Waals surface area contributed by atoms with Crippen molar-refractivity contribution in [3.8, 4) is 0 Å². The van der Waals surface area contributed by atoms with Crippen molar-refractivity contribution in [3.63, 3.8) is 0 Å². The average molecular weight is 241 g/mol. The summed E-state index contributed by atoms with van der Waals surface area (Å²) in [7, 11) is 0. The number of nitrogens with zero attached hydrogens (tertiary/aromatic N) is 1. The standard InChI is InChI=1S/C14H27NO2/c1-4-12(5-2)10-15-9-7-8-14(6-3,11-15)13(16)17/h12H,4-11H2,1-3H3,(H,16,17). The van der Waals surface area contributed by atoms with E-state index >= 15 is 0 Å². The Bertz CT molecular complexity index is 251. The lowest BCUT2D eigenvalue weighted by Gasteiger charge is -2.40. The molecule has 0 radical (unpaired) electrons. The fourth-order valence-corrected chi connectivity index (χ4v) is 2.91. The molecule has 0 amide bonds. The molecule has 1 N–H and O–H groups in total. The molecule has 0 aromatic rings. The molecule has 0 bridgehead atoms. The molecular formula is C14H27NO2. The Morgan fingerprint density at radius 3 is 2.47 bits per heavy atom. The van der Waals surface area contributed by atoms with Crippen LogP contribution in [0.15, 0.2) is 0 Å². The second-order valence-electron chi connectivity index (χ2n) is 5.46. The van der Waals surface area contributed by atoms with E-state index in [9.17, 15) is 9.90 Å². The van der Waals surface area contributed by atoms with Gasteiger partial charge in [-0.05, 0) is 31.7 Å². The molecule has 1 fully saturated rings. The van der Waals surface area contributed by atoms with Crippen molar-refractivity contribution >= 4 is 5.97 Å². The Morgan fingerprint density at radius 1 is 1.35 bits per heavy atom. The molecule has 3 nitrogen and oxygen atoms in total. The molecule has 17 heavy (non-hydrogen) atoms. The van der Waals surface area contributed by atoms with Crippen LogP contribution in [0.2, 0.25) is 0 Å². The van der Waals surface area contributed by atoms with Gasteiger partial charge in [0.1, 0.15) is 0 Å². The van der Waals surface area contributed by atoms with Crippen LogP contribution in [-0.4, -0.2) is 35.6 Å². The first kappa shape index (κ1) is 14.5. The summed E-state index contributed by atoms with van der Waals surface area (Å²) in [6.45, 7) is 9.35. The maximum absolute atomic E-state index is 11.5. The van der Waals surface area contributed by atoms with Gasteiger partial charge in [0.15, 0.2) is 0 Å². The minimum Gasteiger partial charge on any atom is -0.481 e. The zero-order chi connectivity index (χ0) is 12.9. The monoisotopic (exact) mass is 241 g/mol. The van der Waals surface area contributed by atoms with E-state index in [4.69, 9.17) is 0 Å². The fourth-order valence-electron chi connectivity index (χ4n) is 2.91. The molecule has 1 heterocycles. The van der Waals surface area contributed by atoms with Gasteiger partial charge in [0, 0.05) is 13.1 Å². The molecule has 0 saturated carbocycles. The van der Waals surface area contributed by atoms with E-state index in [2.05, 4.69) is 18.7 Å². The summed E-state index contributed by atoms with van der Waals surface area (Å²) >= 11 is 0. The van der Waals surface area contributed by atoms with Crippen LogP contribution in [0.5, 0.6) is 0 Å². The molecule has 3 heteroatoms. The van der Waals surface area contributed by atoms with Crippen molar-refractivity contribution in [1.29, 1.82) is 0 Å². The van der Waals surface area contributed by atoms with Gasteiger partial charge in [-0.25, -0.2) is 0 Å². The van der Waals surface area contributed by atoms with Crippen LogP contribution in [0.25, 0.3) is 0 Å². The minimum atomic E-state index is -0.603. The van der Waals surface area contributed by atoms with E-state index in [1.807, 2.05) is 6.92 Å². The first-order chi connectivity index (χ1) is 8.07. The molecule has 0 spiro atoms. The third-order valence-corrected chi connectivity index (χ3v) is 4.46. The van der Waals surface area contributed by atoms with E-state index in [1.54, 1.807) is 0 Å². The van der Waals surface area contributed by atoms with Crippen LogP contribution in [0.1, 0.15) is 52.9 Å². The molecule has 1 aliphatic rings. The number of rotatable bonds is 6. The number of hydrogen-bond acceptors (Lipinski definition) is 2. The summed E-state index contributed by atoms with van der Waals surface area (Å²) in [5, 5.41) is 9.43. The normalized spacial score (nSPS) is 26.4. The van der Waals surface area contributed by atoms with Crippen molar-refractivity contribution in [2.45, 2.75) is 52.9 Å². The second-order valence-corrected chi connectivity index (χ2v) is 5.46. The lowest BCUT2D eigenvalue weighted by Crippen LogP contribution is -2.48. The van der Waals surface area contributed by atoms with Gasteiger partial charge in [0.25, 0.3) is 0 Å². The first-order valence-electron chi connectivity index (χ1n) is 7.03. The number of carboxylic acid groups (broad SMARTS) is 1. The lowest BCUT2D eigenvalue weighted by molar-refractivity contribution is -0.153. The largest absolute Gasteiger partial charge is 0.481 e. The Balaban J connectivity index is 2.62. The zero-order valence-electron chi connectivity index (χ0n) is 11.5. The van der Waals surface area contributed by atoms with Crippen LogP contribution in [-0.2, 0) is 4.79 Å². The van der Waals surface area contributed by atoms with E-state index in [0.29, 0.717) is 0 Å². The topological polar surface area (TPSA) is 40.5 Å². The number of piperidine rings is 1. The van der Waals surface area contributed by atoms with Crippen LogP contribution in [0.3, 0.4) is 0 Å². The summed E-state index contributed by atoms with van der Waals surface area (Å²) in [5.41, 5.74) is -0.482. The molecule has 100 valence electrons. The van der Waals surface area contributed by atoms with Crippen molar-refractivity contribution in [2.75, 3.05) is 19.6 Å². The SMILES string of the molecule is CCC(CC)CN1CCCC(CC)(C(=O)O)C1. The Labute approximate surface area is 105 Å². The number of carbonyl (C=O) groups is 1. The number of hydrogen-bond donors (Lipinski definition) is 1. The highest BCUT2D eigenvalue weighted by Gasteiger charge is 2.40. The maximum atomic E-state index is 11.5. The summed E-state index contributed by atoms with van der Waals surface area (Å²) < 4.78 is 0. The number of likely N-dealkylation sites (tertiary alicyclic amines) is 1. The molecule has 0 aromatic heterocycles. The minimum absolute atomic E-state index is 0.482. The maximum Gasteiger partial charge on any atom is 0.310 e. The highest BCUT2D eigenvalue weighted by Crippen LogP contribution is 2.34. The summed E-state index contributed by atoms with van der Waals surface area (Å²) in [5.74, 6) is 0.116. The molecule has 0 aromatic carbocycles. The van der Waals surface area contributed by atoms with Crippen LogP contribution >= 0.6 is 0 Å². The average Bonchev–Trinajstić information content (AvgIpc) is 2.35. The Hall–Kier alpha value is -0.570. The Kier molecular flexibility index (Phi) is 5.44. The molecule has 0 aliphatic carbocycles. The predicted octanol–water partition coefficient (Wildman–Crippen LogP) is 3.00. The third kappa shape index (κ3) is 3.44. The van der Waals surface area contributed by atoms with Gasteiger partial charge in [0.2, 0.25) is 0 Å². The van der Waals surface area contributed by atoms with Crippen molar-refractivity contribution in [2.24, 2.45) is 11.3 Å². The second kappa shape index (κ2) is 6.39. The molecule has 1 rings (SSSR count).